The number of nitrogens with one attached hydrogen (secondary N) is 8. The molecule has 2 aliphatic rings. The van der Waals surface area contributed by atoms with E-state index in [-0.39, 0.29) is 0 Å². The van der Waals surface area contributed by atoms with E-state index in [4.69, 9.17) is 4.98 Å². The number of hydrogen-bond acceptors (Lipinski definition) is 37. The molecule has 738 valence electrons. The van der Waals surface area contributed by atoms with Crippen LogP contribution in [0.2, 0.25) is 0 Å². The molecule has 0 atom stereocenters. The van der Waals surface area contributed by atoms with E-state index < -0.39 is 0 Å². The lowest BCUT2D eigenvalue weighted by Crippen LogP contribution is -2.27. The van der Waals surface area contributed by atoms with Crippen LogP contribution in [0.1, 0.15) is 84.7 Å². The van der Waals surface area contributed by atoms with Crippen LogP contribution < -0.4 is 42.5 Å². The van der Waals surface area contributed by atoms with Gasteiger partial charge in [0, 0.05) is 216 Å². The number of halogens is 1. The van der Waals surface area contributed by atoms with Gasteiger partial charge in [0.2, 0.25) is 5.13 Å². The fourth-order valence-electron chi connectivity index (χ4n) is 16.6. The number of nitrogens with zero attached hydrogens (tertiary/aromatic N) is 35. The fourth-order valence-corrected chi connectivity index (χ4v) is 21.4. The van der Waals surface area contributed by atoms with Gasteiger partial charge in [-0.05, 0) is 163 Å². The zero-order chi connectivity index (χ0) is 100. The Kier molecular flexibility index (Phi) is 27.8. The molecule has 0 aliphatic carbocycles. The van der Waals surface area contributed by atoms with Crippen LogP contribution in [0.15, 0.2) is 225 Å². The Bertz CT molecular complexity index is 8710. The van der Waals surface area contributed by atoms with Gasteiger partial charge >= 0.3 is 0 Å². The van der Waals surface area contributed by atoms with Crippen molar-refractivity contribution in [1.29, 1.82) is 0 Å². The molecule has 50 heteroatoms. The summed E-state index contributed by atoms with van der Waals surface area (Å²) in [5, 5.41) is 62.2. The Morgan fingerprint density at radius 1 is 0.390 bits per heavy atom. The van der Waals surface area contributed by atoms with Crippen LogP contribution in [0, 0.1) is 27.7 Å². The third kappa shape index (κ3) is 20.9. The Morgan fingerprint density at radius 3 is 1.19 bits per heavy atom. The van der Waals surface area contributed by atoms with Crippen molar-refractivity contribution in [2.45, 2.75) is 72.6 Å². The molecule has 26 heterocycles. The minimum absolute atomic E-state index is 0.296. The molecule has 43 nitrogen and oxygen atoms in total. The molecule has 0 spiro atoms. The quantitative estimate of drug-likeness (QED) is 0.0331. The van der Waals surface area contributed by atoms with Gasteiger partial charge in [0.15, 0.2) is 68.8 Å². The van der Waals surface area contributed by atoms with Crippen LogP contribution in [0.25, 0.3) is 107 Å². The van der Waals surface area contributed by atoms with E-state index in [2.05, 4.69) is 222 Å². The SMILES string of the molecule is CC(C)c1nsc(Nc2nccn3c(-c4cnn(C)c4)cnc23)n1.Cc1cc(Nc2nc(C3CCNCC3)cn3c(-c4cnn(C)c4)cnc23)sn1.Cc1csc(Nc2nccn3c(-c4cnn(C)c4)cnc23)c1.Cc1nsc(Nc2nccn3c(-c4cnn(C)c4)cnc23)c1Br.Cc1nsc(Nc2nccn3c(-c4cnn(C)c4)cnc23)c1C1=CCNCC1.Cn1cc(-c2cnc3c(Nc4cccs4)nccn23)cn1. The van der Waals surface area contributed by atoms with E-state index in [1.165, 1.54) is 62.8 Å². The van der Waals surface area contributed by atoms with Gasteiger partial charge in [0.25, 0.3) is 0 Å². The molecule has 24 aromatic rings. The average Bonchev–Trinajstić information content (AvgIpc) is 1.62. The van der Waals surface area contributed by atoms with Crippen LogP contribution in [-0.4, -0.2) is 194 Å². The van der Waals surface area contributed by atoms with E-state index in [0.29, 0.717) is 28.6 Å². The molecule has 0 radical (unpaired) electrons. The highest BCUT2D eigenvalue weighted by Crippen LogP contribution is 2.41. The van der Waals surface area contributed by atoms with Gasteiger partial charge in [-0.2, -0.15) is 48.1 Å². The first kappa shape index (κ1) is 95.9. The summed E-state index contributed by atoms with van der Waals surface area (Å²) in [7, 11) is 11.4. The Balaban J connectivity index is 0.000000103. The first-order valence-corrected chi connectivity index (χ1v) is 51.9. The van der Waals surface area contributed by atoms with Crippen molar-refractivity contribution in [2.24, 2.45) is 42.3 Å². The van der Waals surface area contributed by atoms with Gasteiger partial charge in [-0.1, -0.05) is 19.9 Å². The third-order valence-electron chi connectivity index (χ3n) is 23.7. The van der Waals surface area contributed by atoms with E-state index >= 15 is 0 Å². The molecule has 8 N–H and O–H groups in total. The molecule has 0 unspecified atom stereocenters. The molecule has 0 amide bonds. The van der Waals surface area contributed by atoms with E-state index in [0.717, 1.165) is 228 Å². The summed E-state index contributed by atoms with van der Waals surface area (Å²) in [5.41, 5.74) is 24.6. The van der Waals surface area contributed by atoms with Crippen LogP contribution in [-0.2, 0) is 42.3 Å². The van der Waals surface area contributed by atoms with Crippen molar-refractivity contribution in [1.82, 2.24) is 178 Å². The van der Waals surface area contributed by atoms with Gasteiger partial charge in [-0.25, -0.2) is 64.8 Å². The number of imidazole rings is 6. The van der Waals surface area contributed by atoms with Crippen LogP contribution in [0.3, 0.4) is 0 Å². The minimum atomic E-state index is 0.296. The topological polar surface area (TPSA) is 449 Å². The highest BCUT2D eigenvalue weighted by Gasteiger charge is 2.26. The Hall–Kier alpha value is -16.2. The second-order valence-electron chi connectivity index (χ2n) is 34.6. The normalized spacial score (nSPS) is 12.7. The van der Waals surface area contributed by atoms with E-state index in [1.807, 2.05) is 249 Å². The van der Waals surface area contributed by atoms with Gasteiger partial charge < -0.3 is 42.5 Å². The summed E-state index contributed by atoms with van der Waals surface area (Å²) in [6.07, 6.45) is 59.8. The zero-order valence-electron chi connectivity index (χ0n) is 80.9. The smallest absolute Gasteiger partial charge is 0.208 e. The monoisotopic (exact) mass is 2120 g/mol. The van der Waals surface area contributed by atoms with Gasteiger partial charge in [-0.3, -0.25) is 54.5 Å². The molecule has 0 saturated carbocycles. The molecule has 1 fully saturated rings. The number of anilines is 12. The van der Waals surface area contributed by atoms with Crippen LogP contribution in [0.4, 0.5) is 65.0 Å². The number of hydrogen-bond donors (Lipinski definition) is 8. The number of fused-ring (bicyclic) bond motifs is 6. The molecule has 146 heavy (non-hydrogen) atoms. The highest BCUT2D eigenvalue weighted by atomic mass is 79.9. The maximum atomic E-state index is 4.98. The van der Waals surface area contributed by atoms with Gasteiger partial charge in [-0.15, -0.1) is 22.7 Å². The van der Waals surface area contributed by atoms with Crippen molar-refractivity contribution in [3.05, 3.63) is 265 Å². The minimum Gasteiger partial charge on any atom is -0.329 e. The standard InChI is InChI=1S/C19H22N8S.C19H20N8S.C15H16N8S.C15H14N6S.C14H12BrN7S.C14H12N6S/c1-12-7-17(28-25-12)24-18-19-21-9-16(14-8-22-26(2)10-14)27(19)11-15(23-18)13-3-5-20-6-4-13;1-12-16(13-3-5-20-6-4-13)19(28-25-12)24-17-18-22-10-15(27(18)8-7-21-17)14-9-23-26(2)11-14;1-9(2)12-19-15(24-21-12)20-13-14-17-7-11(23(14)5-4-16-13)10-6-18-22(3)8-10;1-10-5-13(22-9-10)19-14-15-17-7-12(21(15)4-3-16-14)11-6-18-20(2)8-11;1-8-11(15)14(23-20-8)19-12-13-17-6-10(22(13)4-3-16-12)9-5-18-21(2)7-9;1-19-9-10(7-17-19)11-8-16-14-13(15-4-5-20(11)14)18-12-3-2-6-21-12/h7-11,13,20H,3-6H2,1-2H3,(H,23,24);3,7-11,20H,4-6H2,1-2H3,(H,21,24);4-9H,1-3H3,(H,16,19,20,21);3-9H,1-2H3,(H,16,19);3-7H,1-2H3,(H,16,19);2-9H,1H3,(H,15,18). The maximum absolute atomic E-state index is 4.98. The number of rotatable bonds is 21. The number of aryl methyl sites for hydroxylation is 10. The molecular weight excluding hydrogens is 2030 g/mol. The summed E-state index contributed by atoms with van der Waals surface area (Å²) in [6, 6.07) is 8.15. The first-order chi connectivity index (χ1) is 71.1. The lowest BCUT2D eigenvalue weighted by Gasteiger charge is -2.23. The number of piperidine rings is 1. The van der Waals surface area contributed by atoms with Crippen molar-refractivity contribution in [2.75, 3.05) is 58.1 Å². The summed E-state index contributed by atoms with van der Waals surface area (Å²) < 4.78 is 41.4. The van der Waals surface area contributed by atoms with Gasteiger partial charge in [0.1, 0.15) is 20.8 Å². The molecule has 24 aromatic heterocycles. The molecule has 2 aliphatic heterocycles. The summed E-state index contributed by atoms with van der Waals surface area (Å²) in [4.78, 5) is 58.9. The largest absolute Gasteiger partial charge is 0.329 e. The lowest BCUT2D eigenvalue weighted by atomic mass is 9.95. The lowest BCUT2D eigenvalue weighted by molar-refractivity contribution is 0.452. The third-order valence-corrected chi connectivity index (χ3v) is 29.8. The van der Waals surface area contributed by atoms with E-state index in [1.54, 1.807) is 77.1 Å². The van der Waals surface area contributed by atoms with Crippen molar-refractivity contribution in [3.63, 3.8) is 0 Å². The molecule has 0 aromatic carbocycles. The predicted octanol–water partition coefficient (Wildman–Crippen LogP) is 18.5. The zero-order valence-corrected chi connectivity index (χ0v) is 87.4. The van der Waals surface area contributed by atoms with Gasteiger partial charge in [0.05, 0.1) is 146 Å². The molecule has 26 rings (SSSR count). The fraction of sp³-hybridized carbons (Fsp3) is 0.219. The second-order valence-corrected chi connectivity index (χ2v) is 40.3. The molecular formula is C96H96BrN43S6. The molecule has 1 saturated heterocycles. The summed E-state index contributed by atoms with van der Waals surface area (Å²) >= 11 is 12.4. The van der Waals surface area contributed by atoms with Crippen molar-refractivity contribution >= 4 is 189 Å². The summed E-state index contributed by atoms with van der Waals surface area (Å²) in [5.74, 6) is 5.89. The van der Waals surface area contributed by atoms with Crippen molar-refractivity contribution < 1.29 is 0 Å². The highest BCUT2D eigenvalue weighted by molar-refractivity contribution is 9.10. The number of thiophene rings is 2. The average molecular weight is 2120 g/mol. The first-order valence-electron chi connectivity index (χ1n) is 46.2. The second kappa shape index (κ2) is 42.4. The number of aromatic nitrogens is 35. The van der Waals surface area contributed by atoms with Crippen LogP contribution in [0.5, 0.6) is 0 Å². The van der Waals surface area contributed by atoms with Crippen molar-refractivity contribution in [3.8, 4) is 67.5 Å². The summed E-state index contributed by atoms with van der Waals surface area (Å²) in [6.45, 7) is 16.2. The van der Waals surface area contributed by atoms with E-state index in [9.17, 15) is 0 Å². The van der Waals surface area contributed by atoms with Crippen LogP contribution >= 0.6 is 84.7 Å². The predicted molar refractivity (Wildman–Crippen MR) is 577 cm³/mol. The Labute approximate surface area is 866 Å². The maximum Gasteiger partial charge on any atom is 0.208 e. The Morgan fingerprint density at radius 2 is 0.808 bits per heavy atom. The molecule has 0 bridgehead atoms.